The number of nitrogens with zero attached hydrogens (tertiary/aromatic N) is 1. The van der Waals surface area contributed by atoms with E-state index in [-0.39, 0.29) is 4.64 Å². The Morgan fingerprint density at radius 2 is 2.26 bits per heavy atom. The molecule has 106 valence electrons. The van der Waals surface area contributed by atoms with Gasteiger partial charge in [-0.05, 0) is 13.0 Å². The highest BCUT2D eigenvalue weighted by molar-refractivity contribution is 7.71. The molecule has 0 bridgehead atoms. The van der Waals surface area contributed by atoms with Crippen LogP contribution in [0.4, 0.5) is 8.78 Å². The van der Waals surface area contributed by atoms with Crippen LogP contribution >= 0.6 is 12.2 Å². The highest BCUT2D eigenvalue weighted by Crippen LogP contribution is 2.46. The third kappa shape index (κ3) is 2.12. The van der Waals surface area contributed by atoms with E-state index in [1.165, 1.54) is 6.07 Å². The number of rotatable bonds is 2. The fourth-order valence-corrected chi connectivity index (χ4v) is 2.13. The fourth-order valence-electron chi connectivity index (χ4n) is 1.99. The van der Waals surface area contributed by atoms with Crippen LogP contribution in [-0.4, -0.2) is 44.0 Å². The summed E-state index contributed by atoms with van der Waals surface area (Å²) in [4.78, 5) is 13.9. The molecule has 0 aromatic carbocycles. The molecule has 1 fully saturated rings. The Hall–Kier alpha value is -1.16. The van der Waals surface area contributed by atoms with Gasteiger partial charge in [-0.15, -0.1) is 0 Å². The first-order chi connectivity index (χ1) is 8.72. The minimum absolute atomic E-state index is 0.119. The molecule has 4 atom stereocenters. The maximum absolute atomic E-state index is 14.4. The molecular weight excluding hydrogens is 282 g/mol. The number of aliphatic hydroxyl groups is 2. The molecule has 1 saturated heterocycles. The third-order valence-electron chi connectivity index (χ3n) is 3.05. The molecule has 0 aliphatic carbocycles. The van der Waals surface area contributed by atoms with E-state index in [4.69, 9.17) is 22.1 Å². The lowest BCUT2D eigenvalue weighted by molar-refractivity contribution is -0.207. The summed E-state index contributed by atoms with van der Waals surface area (Å²) >= 11 is 4.72. The van der Waals surface area contributed by atoms with Gasteiger partial charge in [0.2, 0.25) is 0 Å². The van der Waals surface area contributed by atoms with Gasteiger partial charge in [-0.25, -0.2) is 13.6 Å². The predicted molar refractivity (Wildman–Crippen MR) is 62.5 cm³/mol. The van der Waals surface area contributed by atoms with Crippen LogP contribution in [0.5, 0.6) is 0 Å². The van der Waals surface area contributed by atoms with Gasteiger partial charge in [0, 0.05) is 6.20 Å². The lowest BCUT2D eigenvalue weighted by Gasteiger charge is -2.24. The number of aliphatic hydroxyl groups excluding tert-OH is 2. The quantitative estimate of drug-likeness (QED) is 0.677. The lowest BCUT2D eigenvalue weighted by atomic mass is 9.97. The maximum atomic E-state index is 14.4. The van der Waals surface area contributed by atoms with E-state index in [9.17, 15) is 18.7 Å². The van der Waals surface area contributed by atoms with Gasteiger partial charge >= 0.3 is 5.69 Å². The van der Waals surface area contributed by atoms with Crippen molar-refractivity contribution in [1.82, 2.24) is 9.55 Å². The molecule has 9 heteroatoms. The van der Waals surface area contributed by atoms with Gasteiger partial charge in [0.15, 0.2) is 18.0 Å². The Morgan fingerprint density at radius 3 is 2.74 bits per heavy atom. The summed E-state index contributed by atoms with van der Waals surface area (Å²) < 4.78 is 33.9. The molecule has 2 rings (SSSR count). The van der Waals surface area contributed by atoms with Crippen molar-refractivity contribution in [1.29, 1.82) is 0 Å². The molecule has 2 heterocycles. The van der Waals surface area contributed by atoms with E-state index in [1.807, 2.05) is 0 Å². The van der Waals surface area contributed by atoms with Crippen molar-refractivity contribution in [3.63, 3.8) is 0 Å². The molecule has 19 heavy (non-hydrogen) atoms. The number of alkyl halides is 2. The molecule has 1 aromatic rings. The van der Waals surface area contributed by atoms with Crippen molar-refractivity contribution in [3.05, 3.63) is 27.4 Å². The molecule has 1 aromatic heterocycles. The van der Waals surface area contributed by atoms with E-state index in [0.717, 1.165) is 17.7 Å². The first-order valence-electron chi connectivity index (χ1n) is 5.38. The second kappa shape index (κ2) is 4.44. The van der Waals surface area contributed by atoms with E-state index < -0.39 is 36.2 Å². The van der Waals surface area contributed by atoms with Crippen molar-refractivity contribution in [2.24, 2.45) is 0 Å². The topological polar surface area (TPSA) is 87.5 Å². The molecule has 1 unspecified atom stereocenters. The first kappa shape index (κ1) is 14.3. The van der Waals surface area contributed by atoms with E-state index in [0.29, 0.717) is 0 Å². The summed E-state index contributed by atoms with van der Waals surface area (Å²) in [6.07, 6.45) is -2.83. The van der Waals surface area contributed by atoms with Gasteiger partial charge in [-0.1, -0.05) is 12.2 Å². The van der Waals surface area contributed by atoms with Crippen LogP contribution in [0.2, 0.25) is 0 Å². The van der Waals surface area contributed by atoms with Crippen molar-refractivity contribution >= 4 is 12.2 Å². The first-order valence-corrected chi connectivity index (χ1v) is 5.79. The van der Waals surface area contributed by atoms with Gasteiger partial charge in [0.1, 0.15) is 11.2 Å². The number of aromatic amines is 1. The van der Waals surface area contributed by atoms with Gasteiger partial charge in [0.05, 0.1) is 0 Å². The minimum Gasteiger partial charge on any atom is -0.390 e. The molecular formula is C10H12F2N2O4S. The van der Waals surface area contributed by atoms with E-state index in [1.54, 1.807) is 0 Å². The summed E-state index contributed by atoms with van der Waals surface area (Å²) in [5.41, 5.74) is -3.41. The van der Waals surface area contributed by atoms with Crippen LogP contribution in [-0.2, 0) is 4.74 Å². The van der Waals surface area contributed by atoms with Crippen LogP contribution in [0.15, 0.2) is 17.1 Å². The van der Waals surface area contributed by atoms with Gasteiger partial charge in [0.25, 0.3) is 5.85 Å². The van der Waals surface area contributed by atoms with Crippen molar-refractivity contribution in [2.45, 2.75) is 30.8 Å². The molecule has 1 aliphatic rings. The van der Waals surface area contributed by atoms with Crippen molar-refractivity contribution < 1.29 is 23.7 Å². The molecule has 0 radical (unpaired) electrons. The Morgan fingerprint density at radius 1 is 1.63 bits per heavy atom. The number of ether oxygens (including phenoxy) is 1. The van der Waals surface area contributed by atoms with Crippen LogP contribution < -0.4 is 5.69 Å². The second-order valence-electron chi connectivity index (χ2n) is 4.49. The van der Waals surface area contributed by atoms with E-state index in [2.05, 4.69) is 4.98 Å². The zero-order chi connectivity index (χ0) is 14.4. The van der Waals surface area contributed by atoms with Gasteiger partial charge in [-0.3, -0.25) is 9.55 Å². The van der Waals surface area contributed by atoms with Gasteiger partial charge in [-0.2, -0.15) is 0 Å². The molecule has 1 aliphatic heterocycles. The van der Waals surface area contributed by atoms with Gasteiger partial charge < -0.3 is 14.9 Å². The molecule has 0 spiro atoms. The lowest BCUT2D eigenvalue weighted by Crippen LogP contribution is -2.46. The highest BCUT2D eigenvalue weighted by atomic mass is 32.1. The second-order valence-corrected chi connectivity index (χ2v) is 4.93. The molecule has 0 saturated carbocycles. The van der Waals surface area contributed by atoms with E-state index >= 15 is 0 Å². The van der Waals surface area contributed by atoms with Crippen LogP contribution in [0.25, 0.3) is 0 Å². The number of H-pyrrole nitrogens is 1. The average Bonchev–Trinajstić information content (AvgIpc) is 2.51. The highest BCUT2D eigenvalue weighted by Gasteiger charge is 2.64. The Bertz CT molecular complexity index is 602. The fraction of sp³-hybridized carbons (Fsp3) is 0.600. The molecule has 6 nitrogen and oxygen atoms in total. The maximum Gasteiger partial charge on any atom is 0.328 e. The van der Waals surface area contributed by atoms with Crippen molar-refractivity contribution in [2.75, 3.05) is 6.61 Å². The Balaban J connectivity index is 2.51. The SMILES string of the molecule is C[C@@]1(F)C(O)[C@@](F)(CO)O[C@H]1n1ccc(=S)[nH]c1=O. The van der Waals surface area contributed by atoms with Crippen LogP contribution in [0, 0.1) is 4.64 Å². The van der Waals surface area contributed by atoms with Crippen molar-refractivity contribution in [3.8, 4) is 0 Å². The summed E-state index contributed by atoms with van der Waals surface area (Å²) in [6, 6.07) is 1.29. The summed E-state index contributed by atoms with van der Waals surface area (Å²) in [6.45, 7) is -0.352. The number of nitrogens with one attached hydrogen (secondary N) is 1. The monoisotopic (exact) mass is 294 g/mol. The summed E-state index contributed by atoms with van der Waals surface area (Å²) in [7, 11) is 0. The average molecular weight is 294 g/mol. The zero-order valence-corrected chi connectivity index (χ0v) is 10.7. The molecule has 3 N–H and O–H groups in total. The number of hydrogen-bond acceptors (Lipinski definition) is 5. The normalized spacial score (nSPS) is 38.6. The minimum atomic E-state index is -2.97. The number of hydrogen-bond donors (Lipinski definition) is 3. The number of halogens is 2. The predicted octanol–water partition coefficient (Wildman–Crippen LogP) is 0.182. The zero-order valence-electron chi connectivity index (χ0n) is 9.84. The summed E-state index contributed by atoms with van der Waals surface area (Å²) in [5.74, 6) is -2.97. The Labute approximate surface area is 111 Å². The number of aromatic nitrogens is 2. The van der Waals surface area contributed by atoms with Crippen LogP contribution in [0.1, 0.15) is 13.2 Å². The largest absolute Gasteiger partial charge is 0.390 e. The Kier molecular flexibility index (Phi) is 3.33. The van der Waals surface area contributed by atoms with Crippen LogP contribution in [0.3, 0.4) is 0 Å². The molecule has 0 amide bonds. The summed E-state index contributed by atoms with van der Waals surface area (Å²) in [5, 5.41) is 18.4. The smallest absolute Gasteiger partial charge is 0.328 e. The third-order valence-corrected chi connectivity index (χ3v) is 3.29. The standard InChI is InChI=1S/C10H12F2N2O4S/c1-9(11)6(16)10(12,4-15)18-7(9)14-3-2-5(19)13-8(14)17/h2-3,6-7,15-16H,4H2,1H3,(H,13,17,19)/t6?,7-,9-,10-/m1/s1.